The third-order valence-corrected chi connectivity index (χ3v) is 2.14. The molecule has 2 rings (SSSR count). The maximum atomic E-state index is 12.6. The molecule has 0 saturated heterocycles. The summed E-state index contributed by atoms with van der Waals surface area (Å²) in [4.78, 5) is 0. The summed E-state index contributed by atoms with van der Waals surface area (Å²) in [6.07, 6.45) is 3.97. The summed E-state index contributed by atoms with van der Waals surface area (Å²) in [5, 5.41) is 0. The summed E-state index contributed by atoms with van der Waals surface area (Å²) in [6, 6.07) is 13.2. The Balaban J connectivity index is 2.15. The Hall–Kier alpha value is -1.70. The van der Waals surface area contributed by atoms with Crippen LogP contribution in [0.5, 0.6) is 0 Å². The fourth-order valence-electron chi connectivity index (χ4n) is 1.33. The average molecular weight is 196 g/mol. The van der Waals surface area contributed by atoms with Crippen LogP contribution in [0.15, 0.2) is 48.4 Å². The Morgan fingerprint density at radius 1 is 0.867 bits per heavy atom. The van der Waals surface area contributed by atoms with Crippen LogP contribution in [0.4, 0.5) is 4.39 Å². The molecule has 72 valence electrons. The molecule has 0 bridgehead atoms. The molecule has 0 nitrogen and oxygen atoms in total. The Labute approximate surface area is 89.3 Å². The Morgan fingerprint density at radius 2 is 1.60 bits per heavy atom. The van der Waals surface area contributed by atoms with Crippen molar-refractivity contribution >= 4 is 19.1 Å². The molecule has 0 saturated carbocycles. The summed E-state index contributed by atoms with van der Waals surface area (Å²) in [7, 11) is 0. The third kappa shape index (κ3) is 2.88. The average Bonchev–Trinajstić information content (AvgIpc) is 2.30. The number of halogens is 1. The van der Waals surface area contributed by atoms with Gasteiger partial charge in [0.2, 0.25) is 0 Å². The van der Waals surface area contributed by atoms with Crippen LogP contribution in [0.2, 0.25) is 0 Å². The first-order valence-corrected chi connectivity index (χ1v) is 4.83. The molecule has 15 heavy (non-hydrogen) atoms. The summed E-state index contributed by atoms with van der Waals surface area (Å²) in [5.74, 6) is 1.76. The molecule has 0 amide bonds. The number of hydrogen-bond donors (Lipinski definition) is 0. The molecular weight excluding hydrogens is 186 g/mol. The molecule has 0 fully saturated rings. The van der Waals surface area contributed by atoms with Gasteiger partial charge >= 0.3 is 88.7 Å². The second-order valence-electron chi connectivity index (χ2n) is 3.30. The Morgan fingerprint density at radius 3 is 2.27 bits per heavy atom. The van der Waals surface area contributed by atoms with E-state index in [9.17, 15) is 4.39 Å². The predicted octanol–water partition coefficient (Wildman–Crippen LogP) is 3.33. The zero-order valence-electron chi connectivity index (χ0n) is 8.23. The first-order chi connectivity index (χ1) is 7.34. The van der Waals surface area contributed by atoms with Crippen molar-refractivity contribution in [2.45, 2.75) is 0 Å². The molecule has 0 aliphatic carbocycles. The molecule has 1 heterocycles. The number of hydrogen-bond acceptors (Lipinski definition) is 0. The molecule has 1 aromatic carbocycles. The number of rotatable bonds is 2. The molecule has 0 atom stereocenters. The summed E-state index contributed by atoms with van der Waals surface area (Å²) in [6.45, 7) is 1.46. The van der Waals surface area contributed by atoms with E-state index in [1.807, 2.05) is 42.5 Å². The van der Waals surface area contributed by atoms with Crippen molar-refractivity contribution in [1.29, 1.82) is 0 Å². The van der Waals surface area contributed by atoms with Gasteiger partial charge in [-0.2, -0.15) is 0 Å². The van der Waals surface area contributed by atoms with Crippen LogP contribution in [0, 0.1) is 5.71 Å². The minimum atomic E-state index is -0.202. The van der Waals surface area contributed by atoms with E-state index >= 15 is 0 Å². The molecular formula is C13H10BF. The van der Waals surface area contributed by atoms with E-state index in [0.717, 1.165) is 11.1 Å². The molecule has 2 aromatic rings. The third-order valence-electron chi connectivity index (χ3n) is 2.14. The van der Waals surface area contributed by atoms with Gasteiger partial charge in [-0.1, -0.05) is 0 Å². The van der Waals surface area contributed by atoms with E-state index in [1.165, 1.54) is 13.0 Å². The monoisotopic (exact) mass is 196 g/mol. The quantitative estimate of drug-likeness (QED) is 0.690. The first kappa shape index (κ1) is 9.84. The van der Waals surface area contributed by atoms with Crippen molar-refractivity contribution in [2.24, 2.45) is 0 Å². The predicted molar refractivity (Wildman–Crippen MR) is 63.1 cm³/mol. The van der Waals surface area contributed by atoms with Gasteiger partial charge in [0.15, 0.2) is 0 Å². The summed E-state index contributed by atoms with van der Waals surface area (Å²) >= 11 is 0. The van der Waals surface area contributed by atoms with E-state index in [4.69, 9.17) is 0 Å². The van der Waals surface area contributed by atoms with Crippen LogP contribution in [-0.4, -0.2) is 6.91 Å². The molecule has 0 spiro atoms. The van der Waals surface area contributed by atoms with Gasteiger partial charge in [0.05, 0.1) is 0 Å². The second kappa shape index (κ2) is 4.69. The van der Waals surface area contributed by atoms with Crippen molar-refractivity contribution in [3.05, 3.63) is 65.3 Å². The van der Waals surface area contributed by atoms with Gasteiger partial charge in [-0.05, 0) is 0 Å². The van der Waals surface area contributed by atoms with Crippen LogP contribution in [0.1, 0.15) is 11.1 Å². The maximum absolute atomic E-state index is 12.6. The van der Waals surface area contributed by atoms with Crippen molar-refractivity contribution in [1.82, 2.24) is 0 Å². The summed E-state index contributed by atoms with van der Waals surface area (Å²) < 4.78 is 12.6. The molecule has 1 aromatic heterocycles. The van der Waals surface area contributed by atoms with Gasteiger partial charge < -0.3 is 0 Å². The first-order valence-electron chi connectivity index (χ1n) is 4.83. The second-order valence-corrected chi connectivity index (χ2v) is 3.30. The number of benzene rings is 1. The van der Waals surface area contributed by atoms with Gasteiger partial charge in [0.1, 0.15) is 0 Å². The van der Waals surface area contributed by atoms with E-state index in [-0.39, 0.29) is 5.71 Å². The normalized spacial score (nSPS) is 10.5. The zero-order chi connectivity index (χ0) is 10.5. The van der Waals surface area contributed by atoms with Crippen molar-refractivity contribution < 1.29 is 4.39 Å². The van der Waals surface area contributed by atoms with Crippen molar-refractivity contribution in [2.75, 3.05) is 0 Å². The molecule has 0 N–H and O–H groups in total. The standard InChI is InChI=1S/C13H10BF/c15-13-9-8-12(10-14-13)7-6-11-4-2-1-3-5-11/h1-10H. The van der Waals surface area contributed by atoms with E-state index in [1.54, 1.807) is 12.0 Å². The fraction of sp³-hybridized carbons (Fsp3) is 0. The van der Waals surface area contributed by atoms with Gasteiger partial charge in [0, 0.05) is 0 Å². The SMILES string of the molecule is Fc1bcc(C=Cc2ccccc2)cc1. The minimum absolute atomic E-state index is 0.202. The van der Waals surface area contributed by atoms with E-state index in [2.05, 4.69) is 0 Å². The molecule has 0 radical (unpaired) electrons. The van der Waals surface area contributed by atoms with Crippen molar-refractivity contribution in [3.8, 4) is 0 Å². The van der Waals surface area contributed by atoms with Crippen LogP contribution in [0.3, 0.4) is 0 Å². The van der Waals surface area contributed by atoms with Crippen LogP contribution < -0.4 is 0 Å². The molecule has 2 heteroatoms. The topological polar surface area (TPSA) is 0 Å². The van der Waals surface area contributed by atoms with Gasteiger partial charge in [-0.3, -0.25) is 0 Å². The molecule has 0 unspecified atom stereocenters. The van der Waals surface area contributed by atoms with E-state index in [0.29, 0.717) is 0 Å². The van der Waals surface area contributed by atoms with Crippen molar-refractivity contribution in [3.63, 3.8) is 0 Å². The van der Waals surface area contributed by atoms with Crippen LogP contribution in [0.25, 0.3) is 12.2 Å². The molecule has 0 aliphatic heterocycles. The van der Waals surface area contributed by atoms with Gasteiger partial charge in [-0.25, -0.2) is 0 Å². The van der Waals surface area contributed by atoms with Crippen LogP contribution in [-0.2, 0) is 0 Å². The Bertz CT molecular complexity index is 446. The zero-order valence-corrected chi connectivity index (χ0v) is 8.23. The molecule has 0 aliphatic rings. The van der Waals surface area contributed by atoms with E-state index < -0.39 is 0 Å². The summed E-state index contributed by atoms with van der Waals surface area (Å²) in [5.41, 5.74) is 1.94. The van der Waals surface area contributed by atoms with Gasteiger partial charge in [-0.15, -0.1) is 0 Å². The fourth-order valence-corrected chi connectivity index (χ4v) is 1.33. The van der Waals surface area contributed by atoms with Crippen LogP contribution >= 0.6 is 0 Å². The Kier molecular flexibility index (Phi) is 3.08. The van der Waals surface area contributed by atoms with Gasteiger partial charge in [0.25, 0.3) is 0 Å².